The number of benzene rings is 2. The van der Waals surface area contributed by atoms with E-state index in [4.69, 9.17) is 9.47 Å². The smallest absolute Gasteiger partial charge is 0.220 e. The first-order valence-corrected chi connectivity index (χ1v) is 18.0. The first-order chi connectivity index (χ1) is 21.6. The van der Waals surface area contributed by atoms with Gasteiger partial charge >= 0.3 is 0 Å². The third-order valence-corrected chi connectivity index (χ3v) is 8.96. The fourth-order valence-electron chi connectivity index (χ4n) is 5.44. The van der Waals surface area contributed by atoms with E-state index < -0.39 is 0 Å². The Kier molecular flexibility index (Phi) is 19.2. The molecule has 45 heavy (non-hydrogen) atoms. The number of rotatable bonds is 26. The molecule has 0 spiro atoms. The molecule has 0 saturated carbocycles. The lowest BCUT2D eigenvalue weighted by molar-refractivity contribution is -0.121. The van der Waals surface area contributed by atoms with Crippen molar-refractivity contribution >= 4 is 17.3 Å². The Labute approximate surface area is 276 Å². The van der Waals surface area contributed by atoms with Gasteiger partial charge in [0.05, 0.1) is 17.8 Å². The molecule has 0 saturated heterocycles. The van der Waals surface area contributed by atoms with Gasteiger partial charge in [-0.05, 0) is 95.2 Å². The summed E-state index contributed by atoms with van der Waals surface area (Å²) >= 11 is 0. The van der Waals surface area contributed by atoms with Gasteiger partial charge in [0, 0.05) is 31.5 Å². The van der Waals surface area contributed by atoms with Gasteiger partial charge in [-0.1, -0.05) is 102 Å². The normalized spacial score (nSPS) is 12.0. The molecule has 0 aliphatic heterocycles. The zero-order chi connectivity index (χ0) is 32.8. The fraction of sp³-hybridized carbons (Fsp3) is 0.675. The van der Waals surface area contributed by atoms with Crippen LogP contribution < -0.4 is 10.6 Å². The second-order valence-corrected chi connectivity index (χ2v) is 14.1. The highest BCUT2D eigenvalue weighted by molar-refractivity contribution is 5.76. The summed E-state index contributed by atoms with van der Waals surface area (Å²) in [5, 5.41) is 6.56. The first kappa shape index (κ1) is 38.8. The van der Waals surface area contributed by atoms with Crippen molar-refractivity contribution in [3.8, 4) is 0 Å². The molecular formula is C40H66N2O3. The average Bonchev–Trinajstić information content (AvgIpc) is 3.01. The van der Waals surface area contributed by atoms with Crippen molar-refractivity contribution in [2.45, 2.75) is 155 Å². The van der Waals surface area contributed by atoms with Crippen LogP contribution in [0.5, 0.6) is 0 Å². The molecule has 0 fully saturated rings. The van der Waals surface area contributed by atoms with Crippen LogP contribution in [0.2, 0.25) is 0 Å². The van der Waals surface area contributed by atoms with E-state index in [2.05, 4.69) is 93.8 Å². The molecule has 2 aromatic rings. The highest BCUT2D eigenvalue weighted by atomic mass is 16.5. The Morgan fingerprint density at radius 2 is 1.13 bits per heavy atom. The zero-order valence-corrected chi connectivity index (χ0v) is 29.8. The van der Waals surface area contributed by atoms with E-state index in [1.165, 1.54) is 89.0 Å². The van der Waals surface area contributed by atoms with Gasteiger partial charge < -0.3 is 20.1 Å². The maximum Gasteiger partial charge on any atom is 0.220 e. The summed E-state index contributed by atoms with van der Waals surface area (Å²) in [5.74, 6) is 0.0807. The molecule has 1 amide bonds. The minimum absolute atomic E-state index is 0.0807. The van der Waals surface area contributed by atoms with Gasteiger partial charge in [0.1, 0.15) is 0 Å². The molecule has 2 rings (SSSR count). The van der Waals surface area contributed by atoms with Crippen molar-refractivity contribution in [3.63, 3.8) is 0 Å². The van der Waals surface area contributed by atoms with E-state index in [-0.39, 0.29) is 17.1 Å². The Morgan fingerprint density at radius 1 is 0.644 bits per heavy atom. The van der Waals surface area contributed by atoms with Crippen LogP contribution in [0.1, 0.15) is 142 Å². The molecule has 0 atom stereocenters. The lowest BCUT2D eigenvalue weighted by atomic mass is 10.0. The summed E-state index contributed by atoms with van der Waals surface area (Å²) in [6, 6.07) is 17.3. The van der Waals surface area contributed by atoms with E-state index in [1.807, 2.05) is 0 Å². The zero-order valence-electron chi connectivity index (χ0n) is 29.8. The van der Waals surface area contributed by atoms with Gasteiger partial charge in [-0.15, -0.1) is 0 Å². The minimum atomic E-state index is -0.285. The molecule has 0 aliphatic carbocycles. The number of hydrogen-bond acceptors (Lipinski definition) is 4. The molecule has 0 heterocycles. The number of hydrogen-bond donors (Lipinski definition) is 2. The summed E-state index contributed by atoms with van der Waals surface area (Å²) in [6.07, 6.45) is 20.7. The van der Waals surface area contributed by atoms with E-state index in [0.29, 0.717) is 19.6 Å². The Morgan fingerprint density at radius 3 is 1.64 bits per heavy atom. The first-order valence-electron chi connectivity index (χ1n) is 18.0. The maximum absolute atomic E-state index is 12.4. The van der Waals surface area contributed by atoms with Gasteiger partial charge in [-0.25, -0.2) is 0 Å². The monoisotopic (exact) mass is 623 g/mol. The van der Waals surface area contributed by atoms with Crippen molar-refractivity contribution < 1.29 is 14.3 Å². The topological polar surface area (TPSA) is 59.6 Å². The quantitative estimate of drug-likeness (QED) is 0.102. The van der Waals surface area contributed by atoms with Gasteiger partial charge in [0.2, 0.25) is 5.91 Å². The highest BCUT2D eigenvalue weighted by Crippen LogP contribution is 2.21. The summed E-state index contributed by atoms with van der Waals surface area (Å²) in [7, 11) is 1.73. The van der Waals surface area contributed by atoms with E-state index in [0.717, 1.165) is 36.2 Å². The molecule has 2 N–H and O–H groups in total. The number of unbranched alkanes of at least 4 members (excludes halogenated alkanes) is 11. The van der Waals surface area contributed by atoms with Crippen molar-refractivity contribution in [2.24, 2.45) is 0 Å². The molecule has 2 aromatic carbocycles. The lowest BCUT2D eigenvalue weighted by Gasteiger charge is -2.29. The van der Waals surface area contributed by atoms with Crippen molar-refractivity contribution in [1.82, 2.24) is 5.32 Å². The molecule has 254 valence electrons. The number of carbonyl (C=O) groups excluding carboxylic acids is 1. The van der Waals surface area contributed by atoms with Gasteiger partial charge in [0.25, 0.3) is 0 Å². The number of amides is 1. The summed E-state index contributed by atoms with van der Waals surface area (Å²) < 4.78 is 11.5. The largest absolute Gasteiger partial charge is 0.379 e. The highest BCUT2D eigenvalue weighted by Gasteiger charge is 2.22. The molecule has 0 aromatic heterocycles. The minimum Gasteiger partial charge on any atom is -0.379 e. The molecule has 0 aliphatic rings. The second kappa shape index (κ2) is 22.2. The van der Waals surface area contributed by atoms with Crippen molar-refractivity contribution in [1.29, 1.82) is 0 Å². The van der Waals surface area contributed by atoms with Gasteiger partial charge in [0.15, 0.2) is 0 Å². The van der Waals surface area contributed by atoms with Gasteiger partial charge in [-0.3, -0.25) is 4.79 Å². The van der Waals surface area contributed by atoms with Crippen LogP contribution >= 0.6 is 0 Å². The predicted molar refractivity (Wildman–Crippen MR) is 193 cm³/mol. The standard InChI is InChI=1S/C40H66N2O3/c1-7-8-9-10-11-12-13-14-15-16-17-18-19-34-20-25-36(26-21-34)42-37-27-22-35(23-28-37)24-29-38(43)41-32-30-40(4,5)45-33-31-39(2,3)44-6/h20-23,25-28,42H,7-19,24,29-33H2,1-6H3,(H,41,43). The summed E-state index contributed by atoms with van der Waals surface area (Å²) in [4.78, 5) is 12.4. The maximum atomic E-state index is 12.4. The average molecular weight is 623 g/mol. The third kappa shape index (κ3) is 19.0. The van der Waals surface area contributed by atoms with E-state index >= 15 is 0 Å². The SMILES string of the molecule is CCCCCCCCCCCCCCc1ccc(Nc2ccc(CCC(=O)NCCC(C)(C)OCCC(C)(C)OC)cc2)cc1. The van der Waals surface area contributed by atoms with Crippen LogP contribution in [-0.4, -0.2) is 37.4 Å². The predicted octanol–water partition coefficient (Wildman–Crippen LogP) is 10.7. The number of anilines is 2. The van der Waals surface area contributed by atoms with Crippen LogP contribution in [0.3, 0.4) is 0 Å². The third-order valence-electron chi connectivity index (χ3n) is 8.96. The van der Waals surface area contributed by atoms with Crippen LogP contribution in [0.25, 0.3) is 0 Å². The van der Waals surface area contributed by atoms with Crippen LogP contribution in [-0.2, 0) is 27.1 Å². The van der Waals surface area contributed by atoms with Crippen LogP contribution in [0, 0.1) is 0 Å². The number of carbonyl (C=O) groups is 1. The Balaban J connectivity index is 1.56. The molecule has 0 bridgehead atoms. The summed E-state index contributed by atoms with van der Waals surface area (Å²) in [6.45, 7) is 11.8. The number of methoxy groups -OCH3 is 1. The summed E-state index contributed by atoms with van der Waals surface area (Å²) in [5.41, 5.74) is 4.28. The van der Waals surface area contributed by atoms with Crippen molar-refractivity contribution in [2.75, 3.05) is 25.6 Å². The molecule has 5 nitrogen and oxygen atoms in total. The number of nitrogens with one attached hydrogen (secondary N) is 2. The number of ether oxygens (including phenoxy) is 2. The van der Waals surface area contributed by atoms with Gasteiger partial charge in [-0.2, -0.15) is 0 Å². The molecule has 0 radical (unpaired) electrons. The fourth-order valence-corrected chi connectivity index (χ4v) is 5.44. The van der Waals surface area contributed by atoms with Crippen LogP contribution in [0.15, 0.2) is 48.5 Å². The van der Waals surface area contributed by atoms with E-state index in [1.54, 1.807) is 7.11 Å². The molecule has 0 unspecified atom stereocenters. The lowest BCUT2D eigenvalue weighted by Crippen LogP contribution is -2.34. The van der Waals surface area contributed by atoms with E-state index in [9.17, 15) is 4.79 Å². The molecular weight excluding hydrogens is 556 g/mol. The second-order valence-electron chi connectivity index (χ2n) is 14.1. The van der Waals surface area contributed by atoms with Crippen molar-refractivity contribution in [3.05, 3.63) is 59.7 Å². The Bertz CT molecular complexity index is 1030. The number of aryl methyl sites for hydroxylation is 2. The van der Waals surface area contributed by atoms with Crippen LogP contribution in [0.4, 0.5) is 11.4 Å². The molecule has 5 heteroatoms. The Hall–Kier alpha value is -2.37.